The van der Waals surface area contributed by atoms with Crippen LogP contribution in [0.4, 0.5) is 5.69 Å². The Morgan fingerprint density at radius 3 is 2.65 bits per heavy atom. The highest BCUT2D eigenvalue weighted by Crippen LogP contribution is 2.30. The Morgan fingerprint density at radius 2 is 1.96 bits per heavy atom. The van der Waals surface area contributed by atoms with Gasteiger partial charge in [0.15, 0.2) is 6.61 Å². The molecular weight excluding hydrogens is 360 g/mol. The smallest absolute Gasteiger partial charge is 0.322 e. The molecule has 1 atom stereocenters. The van der Waals surface area contributed by atoms with E-state index >= 15 is 0 Å². The van der Waals surface area contributed by atoms with E-state index in [-0.39, 0.29) is 23.6 Å². The molecule has 0 fully saturated rings. The first-order valence-corrected chi connectivity index (χ1v) is 9.19. The molecule has 26 heavy (non-hydrogen) atoms. The Kier molecular flexibility index (Phi) is 4.92. The summed E-state index contributed by atoms with van der Waals surface area (Å²) < 4.78 is 32.5. The normalized spacial score (nSPS) is 14.7. The van der Waals surface area contributed by atoms with Gasteiger partial charge in [0.25, 0.3) is 5.91 Å². The van der Waals surface area contributed by atoms with Crippen molar-refractivity contribution in [2.75, 3.05) is 11.9 Å². The topological polar surface area (TPSA) is 122 Å². The minimum atomic E-state index is -4.11. The van der Waals surface area contributed by atoms with Crippen LogP contribution in [0.1, 0.15) is 5.56 Å². The van der Waals surface area contributed by atoms with Gasteiger partial charge in [-0.2, -0.15) is 4.72 Å². The maximum Gasteiger partial charge on any atom is 0.322 e. The predicted molar refractivity (Wildman–Crippen MR) is 92.5 cm³/mol. The highest BCUT2D eigenvalue weighted by Gasteiger charge is 2.27. The summed E-state index contributed by atoms with van der Waals surface area (Å²) >= 11 is 0. The van der Waals surface area contributed by atoms with Crippen molar-refractivity contribution in [1.29, 1.82) is 0 Å². The first-order valence-electron chi connectivity index (χ1n) is 7.71. The van der Waals surface area contributed by atoms with Gasteiger partial charge in [-0.15, -0.1) is 0 Å². The van der Waals surface area contributed by atoms with Gasteiger partial charge < -0.3 is 15.2 Å². The van der Waals surface area contributed by atoms with Crippen LogP contribution >= 0.6 is 0 Å². The molecule has 1 heterocycles. The summed E-state index contributed by atoms with van der Waals surface area (Å²) in [5.41, 5.74) is 0.910. The first kappa shape index (κ1) is 17.9. The summed E-state index contributed by atoms with van der Waals surface area (Å²) in [4.78, 5) is 22.7. The van der Waals surface area contributed by atoms with Gasteiger partial charge in [0.2, 0.25) is 10.0 Å². The molecule has 0 radical (unpaired) electrons. The number of amides is 1. The zero-order valence-corrected chi connectivity index (χ0v) is 14.3. The summed E-state index contributed by atoms with van der Waals surface area (Å²) in [7, 11) is -4.11. The number of benzene rings is 2. The van der Waals surface area contributed by atoms with Crippen molar-refractivity contribution in [1.82, 2.24) is 4.72 Å². The van der Waals surface area contributed by atoms with Crippen LogP contribution in [-0.2, 0) is 26.0 Å². The highest BCUT2D eigenvalue weighted by molar-refractivity contribution is 7.89. The van der Waals surface area contributed by atoms with Crippen molar-refractivity contribution < 1.29 is 27.9 Å². The van der Waals surface area contributed by atoms with Crippen LogP contribution in [0.3, 0.4) is 0 Å². The van der Waals surface area contributed by atoms with Gasteiger partial charge in [0, 0.05) is 0 Å². The number of carboxylic acid groups (broad SMARTS) is 1. The van der Waals surface area contributed by atoms with E-state index in [1.807, 2.05) is 0 Å². The highest BCUT2D eigenvalue weighted by atomic mass is 32.2. The molecular formula is C17H16N2O6S. The zero-order chi connectivity index (χ0) is 18.7. The molecule has 2 aromatic carbocycles. The van der Waals surface area contributed by atoms with E-state index in [1.165, 1.54) is 18.2 Å². The minimum Gasteiger partial charge on any atom is -0.482 e. The van der Waals surface area contributed by atoms with Crippen LogP contribution in [0.5, 0.6) is 5.75 Å². The molecule has 1 aliphatic heterocycles. The lowest BCUT2D eigenvalue weighted by Crippen LogP contribution is -2.42. The van der Waals surface area contributed by atoms with Gasteiger partial charge >= 0.3 is 5.97 Å². The predicted octanol–water partition coefficient (Wildman–Crippen LogP) is 0.992. The molecule has 0 saturated carbocycles. The molecule has 3 N–H and O–H groups in total. The standard InChI is InChI=1S/C17H16N2O6S/c20-16-10-25-15-7-6-12(9-13(15)18-16)26(23,24)19-14(17(21)22)8-11-4-2-1-3-5-11/h1-7,9,14,19H,8,10H2,(H,18,20)(H,21,22)/t14-/m1/s1. The number of fused-ring (bicyclic) bond motifs is 1. The number of carbonyl (C=O) groups is 2. The molecule has 8 nitrogen and oxygen atoms in total. The van der Waals surface area contributed by atoms with Gasteiger partial charge in [0.1, 0.15) is 11.8 Å². The van der Waals surface area contributed by atoms with E-state index < -0.39 is 27.9 Å². The Morgan fingerprint density at radius 1 is 1.23 bits per heavy atom. The molecule has 136 valence electrons. The van der Waals surface area contributed by atoms with Crippen molar-refractivity contribution in [3.8, 4) is 5.75 Å². The lowest BCUT2D eigenvalue weighted by Gasteiger charge is -2.19. The SMILES string of the molecule is O=C1COc2ccc(S(=O)(=O)N[C@H](Cc3ccccc3)C(=O)O)cc2N1. The second-order valence-electron chi connectivity index (χ2n) is 5.70. The second kappa shape index (κ2) is 7.14. The van der Waals surface area contributed by atoms with E-state index in [0.29, 0.717) is 11.3 Å². The largest absolute Gasteiger partial charge is 0.482 e. The Labute approximate surface area is 149 Å². The number of hydrogen-bond donors (Lipinski definition) is 3. The molecule has 1 amide bonds. The van der Waals surface area contributed by atoms with E-state index in [1.54, 1.807) is 30.3 Å². The number of carbonyl (C=O) groups excluding carboxylic acids is 1. The van der Waals surface area contributed by atoms with Crippen LogP contribution in [0.25, 0.3) is 0 Å². The number of carboxylic acids is 1. The number of nitrogens with one attached hydrogen (secondary N) is 2. The fourth-order valence-corrected chi connectivity index (χ4v) is 3.73. The molecule has 0 aromatic heterocycles. The first-order chi connectivity index (χ1) is 12.3. The third-order valence-corrected chi connectivity index (χ3v) is 5.24. The molecule has 0 unspecified atom stereocenters. The summed E-state index contributed by atoms with van der Waals surface area (Å²) in [6, 6.07) is 11.3. The third-order valence-electron chi connectivity index (χ3n) is 3.77. The number of hydrogen-bond acceptors (Lipinski definition) is 5. The van der Waals surface area contributed by atoms with Gasteiger partial charge in [0.05, 0.1) is 10.6 Å². The van der Waals surface area contributed by atoms with Gasteiger partial charge in [-0.1, -0.05) is 30.3 Å². The third kappa shape index (κ3) is 4.01. The molecule has 2 aromatic rings. The van der Waals surface area contributed by atoms with Gasteiger partial charge in [-0.05, 0) is 30.2 Å². The molecule has 0 spiro atoms. The maximum atomic E-state index is 12.6. The van der Waals surface area contributed by atoms with Gasteiger partial charge in [-0.25, -0.2) is 8.42 Å². The quantitative estimate of drug-likeness (QED) is 0.691. The van der Waals surface area contributed by atoms with Crippen LogP contribution in [-0.4, -0.2) is 38.0 Å². The lowest BCUT2D eigenvalue weighted by molar-refractivity contribution is -0.138. The number of rotatable bonds is 6. The average Bonchev–Trinajstić information content (AvgIpc) is 2.61. The maximum absolute atomic E-state index is 12.6. The summed E-state index contributed by atoms with van der Waals surface area (Å²) in [6.45, 7) is -0.143. The molecule has 3 rings (SSSR count). The van der Waals surface area contributed by atoms with E-state index in [2.05, 4.69) is 10.0 Å². The average molecular weight is 376 g/mol. The Balaban J connectivity index is 1.83. The summed E-state index contributed by atoms with van der Waals surface area (Å²) in [5.74, 6) is -1.33. The molecule has 1 aliphatic rings. The zero-order valence-electron chi connectivity index (χ0n) is 13.5. The fraction of sp³-hybridized carbons (Fsp3) is 0.176. The van der Waals surface area contributed by atoms with Crippen LogP contribution in [0.15, 0.2) is 53.4 Å². The number of sulfonamides is 1. The van der Waals surface area contributed by atoms with Crippen molar-refractivity contribution in [3.05, 3.63) is 54.1 Å². The Hall–Kier alpha value is -2.91. The minimum absolute atomic E-state index is 0.000190. The number of aliphatic carboxylic acids is 1. The van der Waals surface area contributed by atoms with E-state index in [9.17, 15) is 23.1 Å². The van der Waals surface area contributed by atoms with E-state index in [4.69, 9.17) is 4.74 Å². The van der Waals surface area contributed by atoms with Crippen LogP contribution in [0, 0.1) is 0 Å². The summed E-state index contributed by atoms with van der Waals surface area (Å²) in [5, 5.41) is 11.9. The molecule has 0 bridgehead atoms. The van der Waals surface area contributed by atoms with Crippen molar-refractivity contribution in [3.63, 3.8) is 0 Å². The fourth-order valence-electron chi connectivity index (χ4n) is 2.51. The monoisotopic (exact) mass is 376 g/mol. The van der Waals surface area contributed by atoms with Crippen molar-refractivity contribution in [2.24, 2.45) is 0 Å². The summed E-state index contributed by atoms with van der Waals surface area (Å²) in [6.07, 6.45) is 0.000190. The van der Waals surface area contributed by atoms with Gasteiger partial charge in [-0.3, -0.25) is 9.59 Å². The van der Waals surface area contributed by atoms with Crippen molar-refractivity contribution >= 4 is 27.6 Å². The lowest BCUT2D eigenvalue weighted by atomic mass is 10.1. The van der Waals surface area contributed by atoms with Crippen LogP contribution in [0.2, 0.25) is 0 Å². The number of ether oxygens (including phenoxy) is 1. The Bertz CT molecular complexity index is 943. The molecule has 0 aliphatic carbocycles. The second-order valence-corrected chi connectivity index (χ2v) is 7.41. The molecule has 9 heteroatoms. The van der Waals surface area contributed by atoms with Crippen LogP contribution < -0.4 is 14.8 Å². The van der Waals surface area contributed by atoms with Crippen molar-refractivity contribution in [2.45, 2.75) is 17.4 Å². The number of anilines is 1. The molecule has 0 saturated heterocycles. The van der Waals surface area contributed by atoms with E-state index in [0.717, 1.165) is 0 Å².